The Balaban J connectivity index is 2.60. The quantitative estimate of drug-likeness (QED) is 0.809. The van der Waals surface area contributed by atoms with Gasteiger partial charge in [-0.3, -0.25) is 4.98 Å². The fraction of sp³-hybridized carbons (Fsp3) is 0.231. The highest BCUT2D eigenvalue weighted by Crippen LogP contribution is 2.33. The molecular weight excluding hydrogens is 214 g/mol. The van der Waals surface area contributed by atoms with Crippen molar-refractivity contribution in [3.05, 3.63) is 36.8 Å². The minimum atomic E-state index is 0.753. The molecule has 0 aliphatic rings. The Morgan fingerprint density at radius 3 is 2.65 bits per heavy atom. The number of rotatable bonds is 3. The molecule has 2 rings (SSSR count). The van der Waals surface area contributed by atoms with E-state index in [0.717, 1.165) is 22.7 Å². The van der Waals surface area contributed by atoms with Crippen molar-refractivity contribution in [3.63, 3.8) is 0 Å². The number of anilines is 1. The van der Waals surface area contributed by atoms with Crippen LogP contribution in [0.25, 0.3) is 11.1 Å². The first-order valence-corrected chi connectivity index (χ1v) is 5.34. The van der Waals surface area contributed by atoms with E-state index in [-0.39, 0.29) is 0 Å². The van der Waals surface area contributed by atoms with Crippen LogP contribution in [-0.4, -0.2) is 31.2 Å². The standard InChI is InChI=1S/C13H15N3O/c1-16(2)13-11(5-4-7-15-13)10-6-8-14-9-12(10)17-3/h4-9H,1-3H3. The fourth-order valence-corrected chi connectivity index (χ4v) is 1.73. The molecule has 0 aliphatic heterocycles. The van der Waals surface area contributed by atoms with Gasteiger partial charge in [-0.25, -0.2) is 4.98 Å². The van der Waals surface area contributed by atoms with E-state index in [1.54, 1.807) is 25.7 Å². The minimum Gasteiger partial charge on any atom is -0.494 e. The second kappa shape index (κ2) is 4.82. The molecule has 0 radical (unpaired) electrons. The molecule has 4 heteroatoms. The summed E-state index contributed by atoms with van der Waals surface area (Å²) < 4.78 is 5.33. The molecule has 0 atom stereocenters. The number of aromatic nitrogens is 2. The normalized spacial score (nSPS) is 10.1. The molecule has 0 amide bonds. The van der Waals surface area contributed by atoms with Crippen LogP contribution < -0.4 is 9.64 Å². The van der Waals surface area contributed by atoms with Crippen molar-refractivity contribution in [1.29, 1.82) is 0 Å². The van der Waals surface area contributed by atoms with Gasteiger partial charge in [-0.2, -0.15) is 0 Å². The van der Waals surface area contributed by atoms with Crippen molar-refractivity contribution in [2.24, 2.45) is 0 Å². The molecule has 0 saturated heterocycles. The maximum Gasteiger partial charge on any atom is 0.145 e. The number of pyridine rings is 2. The Hall–Kier alpha value is -2.10. The second-order valence-corrected chi connectivity index (χ2v) is 3.84. The Morgan fingerprint density at radius 2 is 1.94 bits per heavy atom. The van der Waals surface area contributed by atoms with Crippen LogP contribution in [0.2, 0.25) is 0 Å². The van der Waals surface area contributed by atoms with Crippen LogP contribution in [0.4, 0.5) is 5.82 Å². The van der Waals surface area contributed by atoms with Crippen LogP contribution in [-0.2, 0) is 0 Å². The van der Waals surface area contributed by atoms with Crippen molar-refractivity contribution >= 4 is 5.82 Å². The summed E-state index contributed by atoms with van der Waals surface area (Å²) in [6.45, 7) is 0. The first kappa shape index (κ1) is 11.4. The van der Waals surface area contributed by atoms with E-state index < -0.39 is 0 Å². The van der Waals surface area contributed by atoms with Crippen LogP contribution in [0.1, 0.15) is 0 Å². The van der Waals surface area contributed by atoms with Crippen LogP contribution in [0.5, 0.6) is 5.75 Å². The van der Waals surface area contributed by atoms with E-state index in [4.69, 9.17) is 4.74 Å². The van der Waals surface area contributed by atoms with Crippen molar-refractivity contribution < 1.29 is 4.74 Å². The SMILES string of the molecule is COc1cnccc1-c1cccnc1N(C)C. The molecule has 4 nitrogen and oxygen atoms in total. The summed E-state index contributed by atoms with van der Waals surface area (Å²) in [5, 5.41) is 0. The molecule has 2 aromatic heterocycles. The lowest BCUT2D eigenvalue weighted by Crippen LogP contribution is -2.11. The van der Waals surface area contributed by atoms with Crippen LogP contribution in [0, 0.1) is 0 Å². The Morgan fingerprint density at radius 1 is 1.12 bits per heavy atom. The first-order chi connectivity index (χ1) is 8.24. The highest BCUT2D eigenvalue weighted by Gasteiger charge is 2.11. The Labute approximate surface area is 101 Å². The van der Waals surface area contributed by atoms with Crippen molar-refractivity contribution in [1.82, 2.24) is 9.97 Å². The van der Waals surface area contributed by atoms with E-state index in [1.165, 1.54) is 0 Å². The summed E-state index contributed by atoms with van der Waals surface area (Å²) in [6, 6.07) is 5.88. The molecule has 0 aliphatic carbocycles. The summed E-state index contributed by atoms with van der Waals surface area (Å²) in [4.78, 5) is 10.4. The van der Waals surface area contributed by atoms with Crippen LogP contribution in [0.15, 0.2) is 36.8 Å². The number of hydrogen-bond donors (Lipinski definition) is 0. The molecule has 0 saturated carbocycles. The third-order valence-corrected chi connectivity index (χ3v) is 2.50. The number of hydrogen-bond acceptors (Lipinski definition) is 4. The highest BCUT2D eigenvalue weighted by molar-refractivity contribution is 5.79. The van der Waals surface area contributed by atoms with Crippen molar-refractivity contribution in [3.8, 4) is 16.9 Å². The average Bonchev–Trinajstić information content (AvgIpc) is 2.38. The molecule has 0 N–H and O–H groups in total. The molecule has 2 heterocycles. The van der Waals surface area contributed by atoms with Crippen molar-refractivity contribution in [2.45, 2.75) is 0 Å². The van der Waals surface area contributed by atoms with Gasteiger partial charge in [0.15, 0.2) is 0 Å². The topological polar surface area (TPSA) is 38.3 Å². The van der Waals surface area contributed by atoms with Gasteiger partial charge in [-0.1, -0.05) is 0 Å². The zero-order valence-corrected chi connectivity index (χ0v) is 10.2. The summed E-state index contributed by atoms with van der Waals surface area (Å²) >= 11 is 0. The lowest BCUT2D eigenvalue weighted by atomic mass is 10.1. The van der Waals surface area contributed by atoms with E-state index in [1.807, 2.05) is 37.2 Å². The third-order valence-electron chi connectivity index (χ3n) is 2.50. The van der Waals surface area contributed by atoms with Crippen molar-refractivity contribution in [2.75, 3.05) is 26.1 Å². The zero-order valence-electron chi connectivity index (χ0n) is 10.2. The maximum atomic E-state index is 5.33. The molecule has 2 aromatic rings. The monoisotopic (exact) mass is 229 g/mol. The lowest BCUT2D eigenvalue weighted by Gasteiger charge is -2.17. The molecule has 0 aromatic carbocycles. The van der Waals surface area contributed by atoms with Gasteiger partial charge in [-0.05, 0) is 18.2 Å². The Bertz CT molecular complexity index is 512. The van der Waals surface area contributed by atoms with Gasteiger partial charge in [0.05, 0.1) is 13.3 Å². The smallest absolute Gasteiger partial charge is 0.145 e. The number of nitrogens with zero attached hydrogens (tertiary/aromatic N) is 3. The van der Waals surface area contributed by atoms with Gasteiger partial charge in [-0.15, -0.1) is 0 Å². The average molecular weight is 229 g/mol. The molecule has 0 fully saturated rings. The number of ether oxygens (including phenoxy) is 1. The van der Waals surface area contributed by atoms with Gasteiger partial charge in [0.25, 0.3) is 0 Å². The lowest BCUT2D eigenvalue weighted by molar-refractivity contribution is 0.414. The fourth-order valence-electron chi connectivity index (χ4n) is 1.73. The summed E-state index contributed by atoms with van der Waals surface area (Å²) in [5.41, 5.74) is 2.04. The summed E-state index contributed by atoms with van der Waals surface area (Å²) in [7, 11) is 5.59. The van der Waals surface area contributed by atoms with Crippen LogP contribution in [0.3, 0.4) is 0 Å². The zero-order chi connectivity index (χ0) is 12.3. The van der Waals surface area contributed by atoms with E-state index in [0.29, 0.717) is 0 Å². The van der Waals surface area contributed by atoms with E-state index in [9.17, 15) is 0 Å². The molecule has 17 heavy (non-hydrogen) atoms. The Kier molecular flexibility index (Phi) is 3.23. The molecule has 0 bridgehead atoms. The largest absolute Gasteiger partial charge is 0.494 e. The highest BCUT2D eigenvalue weighted by atomic mass is 16.5. The van der Waals surface area contributed by atoms with E-state index in [2.05, 4.69) is 9.97 Å². The molecule has 0 spiro atoms. The van der Waals surface area contributed by atoms with Gasteiger partial charge in [0.2, 0.25) is 0 Å². The summed E-state index contributed by atoms with van der Waals surface area (Å²) in [5.74, 6) is 1.67. The van der Waals surface area contributed by atoms with Crippen LogP contribution >= 0.6 is 0 Å². The number of methoxy groups -OCH3 is 1. The minimum absolute atomic E-state index is 0.753. The van der Waals surface area contributed by atoms with Gasteiger partial charge >= 0.3 is 0 Å². The van der Waals surface area contributed by atoms with Gasteiger partial charge in [0, 0.05) is 37.6 Å². The first-order valence-electron chi connectivity index (χ1n) is 5.34. The van der Waals surface area contributed by atoms with Gasteiger partial charge in [0.1, 0.15) is 11.6 Å². The van der Waals surface area contributed by atoms with E-state index >= 15 is 0 Å². The predicted molar refractivity (Wildman–Crippen MR) is 68.3 cm³/mol. The summed E-state index contributed by atoms with van der Waals surface area (Å²) in [6.07, 6.45) is 5.25. The molecular formula is C13H15N3O. The maximum absolute atomic E-state index is 5.33. The van der Waals surface area contributed by atoms with Gasteiger partial charge < -0.3 is 9.64 Å². The molecule has 0 unspecified atom stereocenters. The predicted octanol–water partition coefficient (Wildman–Crippen LogP) is 2.22. The molecule has 88 valence electrons. The third kappa shape index (κ3) is 2.20. The second-order valence-electron chi connectivity index (χ2n) is 3.84.